The van der Waals surface area contributed by atoms with Gasteiger partial charge in [-0.15, -0.1) is 0 Å². The van der Waals surface area contributed by atoms with E-state index in [9.17, 15) is 18.0 Å². The number of benzene rings is 3. The van der Waals surface area contributed by atoms with Crippen molar-refractivity contribution in [1.82, 2.24) is 15.1 Å². The van der Waals surface area contributed by atoms with Crippen molar-refractivity contribution in [2.45, 2.75) is 49.3 Å². The molecular weight excluding hydrogens is 606 g/mol. The Hall–Kier alpha value is -4.35. The first-order chi connectivity index (χ1) is 22.1. The van der Waals surface area contributed by atoms with Crippen molar-refractivity contribution in [3.05, 3.63) is 89.7 Å². The molecule has 1 N–H and O–H groups in total. The standard InChI is InChI=1S/C35H39N3O7S/c1-43-28-6-3-24(4-7-28)23-37-17-13-27(14-18-37)36-34(39)33-22-26-21-25(5-12-32(26)45-33)35(40)38-19-15-30(16-20-38)44-29-8-10-31(11-9-29)46(2,41)42/h3-12,21-22,27,30H,13-20,23H2,1-2H3,(H,36,39). The molecule has 242 valence electrons. The van der Waals surface area contributed by atoms with Crippen LogP contribution in [0.5, 0.6) is 11.5 Å². The Morgan fingerprint density at radius 1 is 0.870 bits per heavy atom. The van der Waals surface area contributed by atoms with Crippen molar-refractivity contribution in [3.8, 4) is 11.5 Å². The Balaban J connectivity index is 0.986. The number of fused-ring (bicyclic) bond motifs is 1. The Morgan fingerprint density at radius 3 is 2.20 bits per heavy atom. The number of furan rings is 1. The minimum absolute atomic E-state index is 0.0636. The summed E-state index contributed by atoms with van der Waals surface area (Å²) in [5.41, 5.74) is 2.34. The van der Waals surface area contributed by atoms with Crippen molar-refractivity contribution >= 4 is 32.6 Å². The number of nitrogens with zero attached hydrogens (tertiary/aromatic N) is 2. The fraction of sp³-hybridized carbons (Fsp3) is 0.371. The third-order valence-corrected chi connectivity index (χ3v) is 9.89. The number of carbonyl (C=O) groups is 2. The number of sulfone groups is 1. The highest BCUT2D eigenvalue weighted by molar-refractivity contribution is 7.90. The summed E-state index contributed by atoms with van der Waals surface area (Å²) >= 11 is 0. The summed E-state index contributed by atoms with van der Waals surface area (Å²) in [5, 5.41) is 3.84. The van der Waals surface area contributed by atoms with Crippen LogP contribution in [0.15, 0.2) is 82.1 Å². The van der Waals surface area contributed by atoms with E-state index in [4.69, 9.17) is 13.9 Å². The first kappa shape index (κ1) is 31.6. The molecule has 2 aliphatic heterocycles. The van der Waals surface area contributed by atoms with Gasteiger partial charge in [-0.2, -0.15) is 0 Å². The van der Waals surface area contributed by atoms with Gasteiger partial charge in [0.25, 0.3) is 11.8 Å². The molecule has 10 nitrogen and oxygen atoms in total. The second-order valence-electron chi connectivity index (χ2n) is 12.1. The van der Waals surface area contributed by atoms with Crippen LogP contribution in [0.2, 0.25) is 0 Å². The number of rotatable bonds is 9. The molecular formula is C35H39N3O7S. The molecule has 0 atom stereocenters. The van der Waals surface area contributed by atoms with Gasteiger partial charge in [0.15, 0.2) is 15.6 Å². The van der Waals surface area contributed by atoms with Gasteiger partial charge in [-0.25, -0.2) is 8.42 Å². The first-order valence-corrected chi connectivity index (χ1v) is 17.5. The maximum absolute atomic E-state index is 13.3. The number of nitrogens with one attached hydrogen (secondary N) is 1. The number of ether oxygens (including phenoxy) is 2. The maximum Gasteiger partial charge on any atom is 0.287 e. The molecule has 46 heavy (non-hydrogen) atoms. The zero-order valence-corrected chi connectivity index (χ0v) is 26.9. The van der Waals surface area contributed by atoms with Gasteiger partial charge in [0, 0.05) is 68.8 Å². The lowest BCUT2D eigenvalue weighted by Crippen LogP contribution is -2.44. The van der Waals surface area contributed by atoms with Crippen molar-refractivity contribution in [1.29, 1.82) is 0 Å². The lowest BCUT2D eigenvalue weighted by molar-refractivity contribution is 0.0595. The van der Waals surface area contributed by atoms with Gasteiger partial charge < -0.3 is 24.1 Å². The zero-order chi connectivity index (χ0) is 32.3. The molecule has 2 amide bonds. The van der Waals surface area contributed by atoms with Crippen molar-refractivity contribution < 1.29 is 31.9 Å². The van der Waals surface area contributed by atoms with E-state index in [0.717, 1.165) is 38.2 Å². The van der Waals surface area contributed by atoms with E-state index in [1.54, 1.807) is 55.6 Å². The summed E-state index contributed by atoms with van der Waals surface area (Å²) in [5.74, 6) is 1.37. The van der Waals surface area contributed by atoms with Crippen LogP contribution in [-0.4, -0.2) is 81.7 Å². The SMILES string of the molecule is COc1ccc(CN2CCC(NC(=O)c3cc4cc(C(=O)N5CCC(Oc6ccc(S(C)(=O)=O)cc6)CC5)ccc4o3)CC2)cc1. The smallest absolute Gasteiger partial charge is 0.287 e. The molecule has 6 rings (SSSR count). The minimum atomic E-state index is -3.26. The molecule has 0 spiro atoms. The van der Waals surface area contributed by atoms with Gasteiger partial charge >= 0.3 is 0 Å². The zero-order valence-electron chi connectivity index (χ0n) is 26.1. The summed E-state index contributed by atoms with van der Waals surface area (Å²) in [6.07, 6.45) is 4.16. The lowest BCUT2D eigenvalue weighted by atomic mass is 10.0. The van der Waals surface area contributed by atoms with Crippen LogP contribution in [0.1, 0.15) is 52.2 Å². The Bertz CT molecular complexity index is 1790. The topological polar surface area (TPSA) is 118 Å². The van der Waals surface area contributed by atoms with Gasteiger partial charge in [0.1, 0.15) is 23.2 Å². The van der Waals surface area contributed by atoms with E-state index >= 15 is 0 Å². The lowest BCUT2D eigenvalue weighted by Gasteiger charge is -2.32. The third kappa shape index (κ3) is 7.54. The molecule has 2 fully saturated rings. The van der Waals surface area contributed by atoms with E-state index in [1.807, 2.05) is 17.0 Å². The van der Waals surface area contributed by atoms with E-state index < -0.39 is 9.84 Å². The van der Waals surface area contributed by atoms with E-state index in [1.165, 1.54) is 11.8 Å². The molecule has 0 bridgehead atoms. The Labute approximate surface area is 269 Å². The molecule has 0 unspecified atom stereocenters. The normalized spacial score (nSPS) is 16.8. The molecule has 3 aromatic carbocycles. The van der Waals surface area contributed by atoms with Crippen LogP contribution in [0, 0.1) is 0 Å². The number of piperidine rings is 2. The molecule has 0 aliphatic carbocycles. The van der Waals surface area contributed by atoms with E-state index in [-0.39, 0.29) is 34.6 Å². The number of likely N-dealkylation sites (tertiary alicyclic amines) is 2. The van der Waals surface area contributed by atoms with Crippen LogP contribution in [-0.2, 0) is 16.4 Å². The molecule has 2 aliphatic rings. The monoisotopic (exact) mass is 645 g/mol. The molecule has 0 saturated carbocycles. The summed E-state index contributed by atoms with van der Waals surface area (Å²) in [6.45, 7) is 3.74. The van der Waals surface area contributed by atoms with Gasteiger partial charge in [-0.3, -0.25) is 14.5 Å². The Morgan fingerprint density at radius 2 is 1.54 bits per heavy atom. The second kappa shape index (κ2) is 13.6. The number of amides is 2. The predicted octanol–water partition coefficient (Wildman–Crippen LogP) is 4.92. The molecule has 1 aromatic heterocycles. The fourth-order valence-corrected chi connectivity index (χ4v) is 6.72. The second-order valence-corrected chi connectivity index (χ2v) is 14.1. The van der Waals surface area contributed by atoms with Gasteiger partial charge in [-0.1, -0.05) is 12.1 Å². The summed E-state index contributed by atoms with van der Waals surface area (Å²) in [7, 11) is -1.60. The highest BCUT2D eigenvalue weighted by Gasteiger charge is 2.26. The van der Waals surface area contributed by atoms with Crippen molar-refractivity contribution in [3.63, 3.8) is 0 Å². The van der Waals surface area contributed by atoms with Gasteiger partial charge in [-0.05, 0) is 79.1 Å². The van der Waals surface area contributed by atoms with Crippen molar-refractivity contribution in [2.24, 2.45) is 0 Å². The highest BCUT2D eigenvalue weighted by Crippen LogP contribution is 2.25. The van der Waals surface area contributed by atoms with Gasteiger partial charge in [0.2, 0.25) is 0 Å². The predicted molar refractivity (Wildman–Crippen MR) is 174 cm³/mol. The highest BCUT2D eigenvalue weighted by atomic mass is 32.2. The molecule has 2 saturated heterocycles. The average Bonchev–Trinajstić information content (AvgIpc) is 3.50. The minimum Gasteiger partial charge on any atom is -0.497 e. The van der Waals surface area contributed by atoms with Crippen LogP contribution in [0.3, 0.4) is 0 Å². The largest absolute Gasteiger partial charge is 0.497 e. The molecule has 3 heterocycles. The first-order valence-electron chi connectivity index (χ1n) is 15.6. The number of hydrogen-bond donors (Lipinski definition) is 1. The van der Waals surface area contributed by atoms with Crippen LogP contribution < -0.4 is 14.8 Å². The molecule has 0 radical (unpaired) electrons. The number of carbonyl (C=O) groups excluding carboxylic acids is 2. The van der Waals surface area contributed by atoms with Crippen LogP contribution in [0.25, 0.3) is 11.0 Å². The number of hydrogen-bond acceptors (Lipinski definition) is 8. The third-order valence-electron chi connectivity index (χ3n) is 8.76. The summed E-state index contributed by atoms with van der Waals surface area (Å²) in [4.78, 5) is 30.8. The fourth-order valence-electron chi connectivity index (χ4n) is 6.09. The number of methoxy groups -OCH3 is 1. The van der Waals surface area contributed by atoms with E-state index in [0.29, 0.717) is 48.2 Å². The van der Waals surface area contributed by atoms with E-state index in [2.05, 4.69) is 22.3 Å². The average molecular weight is 646 g/mol. The summed E-state index contributed by atoms with van der Waals surface area (Å²) < 4.78 is 40.5. The maximum atomic E-state index is 13.3. The Kier molecular flexibility index (Phi) is 9.32. The van der Waals surface area contributed by atoms with Crippen molar-refractivity contribution in [2.75, 3.05) is 39.5 Å². The van der Waals surface area contributed by atoms with Gasteiger partial charge in [0.05, 0.1) is 12.0 Å². The molecule has 11 heteroatoms. The van der Waals surface area contributed by atoms with Crippen LogP contribution in [0.4, 0.5) is 0 Å². The quantitative estimate of drug-likeness (QED) is 0.273. The van der Waals surface area contributed by atoms with Crippen LogP contribution >= 0.6 is 0 Å². The molecule has 4 aromatic rings. The summed E-state index contributed by atoms with van der Waals surface area (Å²) in [6, 6.07) is 21.6.